The van der Waals surface area contributed by atoms with Crippen LogP contribution in [0, 0.1) is 13.8 Å². The summed E-state index contributed by atoms with van der Waals surface area (Å²) in [4.78, 5) is 28.5. The quantitative estimate of drug-likeness (QED) is 0.822. The number of carbonyl (C=O) groups excluding carboxylic acids is 2. The van der Waals surface area contributed by atoms with Gasteiger partial charge in [0.15, 0.2) is 0 Å². The van der Waals surface area contributed by atoms with Crippen LogP contribution >= 0.6 is 0 Å². The summed E-state index contributed by atoms with van der Waals surface area (Å²) in [6.45, 7) is 5.86. The molecular formula is C19H25FN2O3. The van der Waals surface area contributed by atoms with E-state index < -0.39 is 11.6 Å². The lowest BCUT2D eigenvalue weighted by molar-refractivity contribution is -0.151. The van der Waals surface area contributed by atoms with Crippen molar-refractivity contribution in [3.63, 3.8) is 0 Å². The van der Waals surface area contributed by atoms with Crippen molar-refractivity contribution in [1.29, 1.82) is 0 Å². The first-order valence-corrected chi connectivity index (χ1v) is 8.83. The average molecular weight is 348 g/mol. The monoisotopic (exact) mass is 348 g/mol. The molecule has 0 saturated carbocycles. The summed E-state index contributed by atoms with van der Waals surface area (Å²) in [5.41, 5.74) is 0.535. The van der Waals surface area contributed by atoms with Gasteiger partial charge in [-0.25, -0.2) is 4.39 Å². The molecule has 2 aliphatic rings. The van der Waals surface area contributed by atoms with Gasteiger partial charge in [-0.1, -0.05) is 17.7 Å². The van der Waals surface area contributed by atoms with Crippen molar-refractivity contribution in [3.05, 3.63) is 34.9 Å². The maximum atomic E-state index is 15.4. The molecule has 1 unspecified atom stereocenters. The van der Waals surface area contributed by atoms with Crippen LogP contribution in [0.25, 0.3) is 0 Å². The van der Waals surface area contributed by atoms with Crippen molar-refractivity contribution >= 4 is 11.8 Å². The summed E-state index contributed by atoms with van der Waals surface area (Å²) in [7, 11) is 0. The van der Waals surface area contributed by atoms with Crippen LogP contribution in [0.3, 0.4) is 0 Å². The van der Waals surface area contributed by atoms with Gasteiger partial charge in [0, 0.05) is 25.2 Å². The number of morpholine rings is 1. The molecule has 2 saturated heterocycles. The molecule has 0 spiro atoms. The number of nitrogens with zero attached hydrogens (tertiary/aromatic N) is 2. The summed E-state index contributed by atoms with van der Waals surface area (Å²) < 4.78 is 20.6. The Hall–Kier alpha value is -1.95. The van der Waals surface area contributed by atoms with Crippen molar-refractivity contribution in [2.45, 2.75) is 32.4 Å². The summed E-state index contributed by atoms with van der Waals surface area (Å²) in [5.74, 6) is -0.706. The molecule has 1 aromatic rings. The molecule has 2 fully saturated rings. The van der Waals surface area contributed by atoms with Gasteiger partial charge in [-0.05, 0) is 38.3 Å². The van der Waals surface area contributed by atoms with Crippen molar-refractivity contribution in [2.24, 2.45) is 0 Å². The van der Waals surface area contributed by atoms with Gasteiger partial charge in [-0.15, -0.1) is 0 Å². The number of amides is 2. The number of piperidine rings is 1. The number of benzene rings is 1. The van der Waals surface area contributed by atoms with Crippen LogP contribution in [0.2, 0.25) is 0 Å². The zero-order valence-electron chi connectivity index (χ0n) is 14.9. The van der Waals surface area contributed by atoms with E-state index in [4.69, 9.17) is 4.74 Å². The highest BCUT2D eigenvalue weighted by molar-refractivity contribution is 5.96. The molecule has 2 heterocycles. The Morgan fingerprint density at radius 3 is 2.52 bits per heavy atom. The van der Waals surface area contributed by atoms with Crippen LogP contribution in [0.15, 0.2) is 18.2 Å². The average Bonchev–Trinajstić information content (AvgIpc) is 2.61. The smallest absolute Gasteiger partial charge is 0.262 e. The number of alkyl halides is 1. The molecule has 2 aliphatic heterocycles. The lowest BCUT2D eigenvalue weighted by Crippen LogP contribution is -2.58. The first-order chi connectivity index (χ1) is 11.9. The van der Waals surface area contributed by atoms with Gasteiger partial charge in [0.2, 0.25) is 5.67 Å². The molecule has 0 bridgehead atoms. The fourth-order valence-corrected chi connectivity index (χ4v) is 3.63. The van der Waals surface area contributed by atoms with Crippen molar-refractivity contribution in [3.8, 4) is 0 Å². The Balaban J connectivity index is 1.75. The number of halogens is 1. The third-order valence-corrected chi connectivity index (χ3v) is 5.02. The van der Waals surface area contributed by atoms with E-state index in [-0.39, 0.29) is 18.9 Å². The van der Waals surface area contributed by atoms with E-state index in [9.17, 15) is 9.59 Å². The van der Waals surface area contributed by atoms with Gasteiger partial charge < -0.3 is 14.5 Å². The fraction of sp³-hybridized carbons (Fsp3) is 0.579. The molecule has 0 aliphatic carbocycles. The summed E-state index contributed by atoms with van der Waals surface area (Å²) in [6, 6.07) is 5.61. The van der Waals surface area contributed by atoms with Crippen LogP contribution in [0.4, 0.5) is 4.39 Å². The van der Waals surface area contributed by atoms with Gasteiger partial charge in [0.25, 0.3) is 11.8 Å². The third-order valence-electron chi connectivity index (χ3n) is 5.02. The van der Waals surface area contributed by atoms with Crippen LogP contribution in [0.5, 0.6) is 0 Å². The molecular weight excluding hydrogens is 323 g/mol. The molecule has 0 N–H and O–H groups in total. The second kappa shape index (κ2) is 7.12. The Morgan fingerprint density at radius 2 is 1.84 bits per heavy atom. The number of hydrogen-bond acceptors (Lipinski definition) is 3. The fourth-order valence-electron chi connectivity index (χ4n) is 3.63. The second-order valence-corrected chi connectivity index (χ2v) is 7.02. The number of likely N-dealkylation sites (tertiary alicyclic amines) is 1. The molecule has 0 radical (unpaired) electrons. The summed E-state index contributed by atoms with van der Waals surface area (Å²) in [5, 5.41) is 0. The van der Waals surface area contributed by atoms with E-state index in [1.807, 2.05) is 26.0 Å². The first-order valence-electron chi connectivity index (χ1n) is 8.83. The van der Waals surface area contributed by atoms with E-state index in [0.29, 0.717) is 44.8 Å². The number of ether oxygens (including phenoxy) is 1. The van der Waals surface area contributed by atoms with Crippen molar-refractivity contribution in [2.75, 3.05) is 39.4 Å². The normalized spacial score (nSPS) is 24.3. The summed E-state index contributed by atoms with van der Waals surface area (Å²) in [6.07, 6.45) is 0.656. The number of rotatable bonds is 2. The molecule has 3 rings (SSSR count). The van der Waals surface area contributed by atoms with E-state index in [1.54, 1.807) is 6.07 Å². The highest BCUT2D eigenvalue weighted by Gasteiger charge is 2.46. The van der Waals surface area contributed by atoms with Gasteiger partial charge in [0.05, 0.1) is 19.8 Å². The van der Waals surface area contributed by atoms with Gasteiger partial charge >= 0.3 is 0 Å². The van der Waals surface area contributed by atoms with E-state index in [0.717, 1.165) is 11.1 Å². The van der Waals surface area contributed by atoms with Crippen molar-refractivity contribution in [1.82, 2.24) is 9.80 Å². The van der Waals surface area contributed by atoms with Gasteiger partial charge in [0.1, 0.15) is 0 Å². The molecule has 6 heteroatoms. The molecule has 136 valence electrons. The predicted molar refractivity (Wildman–Crippen MR) is 92.3 cm³/mol. The molecule has 1 aromatic carbocycles. The van der Waals surface area contributed by atoms with Crippen LogP contribution in [-0.4, -0.2) is 66.7 Å². The van der Waals surface area contributed by atoms with Crippen LogP contribution in [-0.2, 0) is 9.53 Å². The zero-order valence-corrected chi connectivity index (χ0v) is 14.9. The number of aryl methyl sites for hydroxylation is 2. The van der Waals surface area contributed by atoms with E-state index >= 15 is 4.39 Å². The molecule has 0 aromatic heterocycles. The Morgan fingerprint density at radius 1 is 1.12 bits per heavy atom. The Labute approximate surface area is 147 Å². The maximum absolute atomic E-state index is 15.4. The topological polar surface area (TPSA) is 49.9 Å². The lowest BCUT2D eigenvalue weighted by atomic mass is 9.92. The predicted octanol–water partition coefficient (Wildman–Crippen LogP) is 2.11. The Bertz CT molecular complexity index is 673. The minimum Gasteiger partial charge on any atom is -0.378 e. The van der Waals surface area contributed by atoms with Gasteiger partial charge in [-0.2, -0.15) is 0 Å². The minimum atomic E-state index is -2.00. The molecule has 1 atom stereocenters. The SMILES string of the molecule is Cc1ccc(C(=O)N2CCCC(F)(C(=O)N3CCOCC3)C2)c(C)c1. The molecule has 5 nitrogen and oxygen atoms in total. The lowest BCUT2D eigenvalue weighted by Gasteiger charge is -2.40. The summed E-state index contributed by atoms with van der Waals surface area (Å²) >= 11 is 0. The minimum absolute atomic E-state index is 0.167. The van der Waals surface area contributed by atoms with E-state index in [2.05, 4.69) is 0 Å². The second-order valence-electron chi connectivity index (χ2n) is 7.02. The standard InChI is InChI=1S/C19H25FN2O3/c1-14-4-5-16(15(2)12-14)17(23)22-7-3-6-19(20,13-22)18(24)21-8-10-25-11-9-21/h4-5,12H,3,6-11,13H2,1-2H3. The van der Waals surface area contributed by atoms with Gasteiger partial charge in [-0.3, -0.25) is 9.59 Å². The molecule has 25 heavy (non-hydrogen) atoms. The zero-order chi connectivity index (χ0) is 18.0. The maximum Gasteiger partial charge on any atom is 0.262 e. The third kappa shape index (κ3) is 3.68. The van der Waals surface area contributed by atoms with Crippen LogP contribution < -0.4 is 0 Å². The Kier molecular flexibility index (Phi) is 5.08. The molecule has 2 amide bonds. The number of carbonyl (C=O) groups is 2. The van der Waals surface area contributed by atoms with Crippen molar-refractivity contribution < 1.29 is 18.7 Å². The highest BCUT2D eigenvalue weighted by Crippen LogP contribution is 2.29. The largest absolute Gasteiger partial charge is 0.378 e. The van der Waals surface area contributed by atoms with E-state index in [1.165, 1.54) is 9.80 Å². The highest BCUT2D eigenvalue weighted by atomic mass is 19.1. The first kappa shape index (κ1) is 17.9. The van der Waals surface area contributed by atoms with Crippen LogP contribution in [0.1, 0.15) is 34.3 Å². The number of hydrogen-bond donors (Lipinski definition) is 0.